The maximum atomic E-state index is 12.5. The van der Waals surface area contributed by atoms with E-state index in [1.54, 1.807) is 19.2 Å². The number of hydrogen-bond acceptors (Lipinski definition) is 4. The van der Waals surface area contributed by atoms with Gasteiger partial charge in [-0.15, -0.1) is 0 Å². The molecule has 0 saturated carbocycles. The molecule has 0 aliphatic rings. The number of nitrogens with one attached hydrogen (secondary N) is 1. The fourth-order valence-corrected chi connectivity index (χ4v) is 3.26. The fourth-order valence-electron chi connectivity index (χ4n) is 3.26. The summed E-state index contributed by atoms with van der Waals surface area (Å²) >= 11 is 0. The average Bonchev–Trinajstić information content (AvgIpc) is 3.10. The quantitative estimate of drug-likeness (QED) is 0.804. The molecule has 0 bridgehead atoms. The van der Waals surface area contributed by atoms with Crippen LogP contribution in [0, 0.1) is 20.8 Å². The predicted molar refractivity (Wildman–Crippen MR) is 96.7 cm³/mol. The number of nitrogens with zero attached hydrogens (tertiary/aromatic N) is 2. The molecule has 6 nitrogen and oxygen atoms in total. The summed E-state index contributed by atoms with van der Waals surface area (Å²) in [6, 6.07) is 2.10. The van der Waals surface area contributed by atoms with Gasteiger partial charge in [-0.05, 0) is 46.6 Å². The molecule has 0 aliphatic heterocycles. The van der Waals surface area contributed by atoms with Gasteiger partial charge in [0.25, 0.3) is 5.91 Å². The molecule has 2 aromatic rings. The number of hydrogen-bond donors (Lipinski definition) is 2. The maximum absolute atomic E-state index is 12.5. The Hall–Kier alpha value is -2.08. The Labute approximate surface area is 149 Å². The number of carbonyl (C=O) groups is 1. The number of rotatable bonds is 7. The molecule has 0 radical (unpaired) electrons. The van der Waals surface area contributed by atoms with Crippen LogP contribution in [0.1, 0.15) is 72.8 Å². The SMILES string of the molecule is CCC(CC)n1ncc(C(=O)NCC(C)(O)c2cc(C)oc2C)c1C. The predicted octanol–water partition coefficient (Wildman–Crippen LogP) is 3.40. The number of aromatic nitrogens is 2. The minimum Gasteiger partial charge on any atom is -0.466 e. The Kier molecular flexibility index (Phi) is 5.72. The number of carbonyl (C=O) groups excluding carboxylic acids is 1. The largest absolute Gasteiger partial charge is 0.466 e. The Morgan fingerprint density at radius 1 is 1.36 bits per heavy atom. The molecule has 0 saturated heterocycles. The van der Waals surface area contributed by atoms with Gasteiger partial charge in [-0.2, -0.15) is 5.10 Å². The van der Waals surface area contributed by atoms with Crippen LogP contribution in [-0.4, -0.2) is 27.3 Å². The Balaban J connectivity index is 2.11. The van der Waals surface area contributed by atoms with Crippen molar-refractivity contribution in [2.45, 2.75) is 66.0 Å². The van der Waals surface area contributed by atoms with E-state index in [4.69, 9.17) is 4.42 Å². The van der Waals surface area contributed by atoms with Crippen LogP contribution >= 0.6 is 0 Å². The highest BCUT2D eigenvalue weighted by Crippen LogP contribution is 2.26. The van der Waals surface area contributed by atoms with E-state index in [9.17, 15) is 9.90 Å². The van der Waals surface area contributed by atoms with Gasteiger partial charge < -0.3 is 14.8 Å². The van der Waals surface area contributed by atoms with Crippen molar-refractivity contribution in [3.63, 3.8) is 0 Å². The summed E-state index contributed by atoms with van der Waals surface area (Å²) in [5, 5.41) is 17.9. The van der Waals surface area contributed by atoms with Crippen LogP contribution in [0.3, 0.4) is 0 Å². The van der Waals surface area contributed by atoms with E-state index in [0.717, 1.165) is 24.3 Å². The second-order valence-electron chi connectivity index (χ2n) is 6.84. The van der Waals surface area contributed by atoms with Crippen molar-refractivity contribution >= 4 is 5.91 Å². The molecular weight excluding hydrogens is 318 g/mol. The minimum atomic E-state index is -1.20. The number of aliphatic hydroxyl groups is 1. The summed E-state index contributed by atoms with van der Waals surface area (Å²) in [7, 11) is 0. The lowest BCUT2D eigenvalue weighted by Gasteiger charge is -2.23. The van der Waals surface area contributed by atoms with Gasteiger partial charge in [-0.1, -0.05) is 13.8 Å². The summed E-state index contributed by atoms with van der Waals surface area (Å²) in [6.45, 7) is 11.5. The number of amides is 1. The van der Waals surface area contributed by atoms with Crippen LogP contribution < -0.4 is 5.32 Å². The van der Waals surface area contributed by atoms with E-state index in [1.807, 2.05) is 25.5 Å². The molecule has 2 heterocycles. The Morgan fingerprint density at radius 2 is 2.00 bits per heavy atom. The highest BCUT2D eigenvalue weighted by Gasteiger charge is 2.29. The first-order chi connectivity index (χ1) is 11.7. The third kappa shape index (κ3) is 3.95. The van der Waals surface area contributed by atoms with Gasteiger partial charge in [-0.3, -0.25) is 9.48 Å². The highest BCUT2D eigenvalue weighted by atomic mass is 16.3. The van der Waals surface area contributed by atoms with Crippen molar-refractivity contribution in [1.29, 1.82) is 0 Å². The number of furan rings is 1. The van der Waals surface area contributed by atoms with Crippen molar-refractivity contribution in [2.24, 2.45) is 0 Å². The second kappa shape index (κ2) is 7.44. The molecule has 0 aliphatic carbocycles. The van der Waals surface area contributed by atoms with E-state index in [0.29, 0.717) is 22.9 Å². The molecule has 1 amide bonds. The van der Waals surface area contributed by atoms with Gasteiger partial charge in [0.2, 0.25) is 0 Å². The van der Waals surface area contributed by atoms with E-state index >= 15 is 0 Å². The first kappa shape index (κ1) is 19.2. The van der Waals surface area contributed by atoms with Crippen molar-refractivity contribution < 1.29 is 14.3 Å². The van der Waals surface area contributed by atoms with Gasteiger partial charge >= 0.3 is 0 Å². The van der Waals surface area contributed by atoms with Gasteiger partial charge in [0.15, 0.2) is 0 Å². The number of aryl methyl sites for hydroxylation is 2. The van der Waals surface area contributed by atoms with Crippen molar-refractivity contribution in [2.75, 3.05) is 6.54 Å². The lowest BCUT2D eigenvalue weighted by Crippen LogP contribution is -2.39. The Morgan fingerprint density at radius 3 is 2.52 bits per heavy atom. The third-order valence-corrected chi connectivity index (χ3v) is 4.79. The maximum Gasteiger partial charge on any atom is 0.254 e. The molecule has 2 rings (SSSR count). The lowest BCUT2D eigenvalue weighted by atomic mass is 9.96. The van der Waals surface area contributed by atoms with Crippen molar-refractivity contribution in [1.82, 2.24) is 15.1 Å². The normalized spacial score (nSPS) is 13.9. The molecule has 1 unspecified atom stereocenters. The van der Waals surface area contributed by atoms with Crippen LogP contribution in [0.4, 0.5) is 0 Å². The van der Waals surface area contributed by atoms with Crippen LogP contribution in [-0.2, 0) is 5.60 Å². The summed E-state index contributed by atoms with van der Waals surface area (Å²) in [5.74, 6) is 1.17. The topological polar surface area (TPSA) is 80.3 Å². The molecule has 1 atom stereocenters. The van der Waals surface area contributed by atoms with E-state index in [2.05, 4.69) is 24.3 Å². The van der Waals surface area contributed by atoms with Gasteiger partial charge in [-0.25, -0.2) is 0 Å². The summed E-state index contributed by atoms with van der Waals surface area (Å²) in [6.07, 6.45) is 3.53. The van der Waals surface area contributed by atoms with Crippen LogP contribution in [0.25, 0.3) is 0 Å². The summed E-state index contributed by atoms with van der Waals surface area (Å²) in [5.41, 5.74) is 0.885. The highest BCUT2D eigenvalue weighted by molar-refractivity contribution is 5.95. The first-order valence-electron chi connectivity index (χ1n) is 8.83. The van der Waals surface area contributed by atoms with Gasteiger partial charge in [0.1, 0.15) is 17.1 Å². The zero-order chi connectivity index (χ0) is 18.8. The van der Waals surface area contributed by atoms with Crippen molar-refractivity contribution in [3.05, 3.63) is 40.6 Å². The fraction of sp³-hybridized carbons (Fsp3) is 0.579. The average molecular weight is 347 g/mol. The molecule has 138 valence electrons. The van der Waals surface area contributed by atoms with Crippen LogP contribution in [0.5, 0.6) is 0 Å². The standard InChI is InChI=1S/C19H29N3O3/c1-7-15(8-2)22-13(4)16(10-21-22)18(23)20-11-19(6,24)17-9-12(3)25-14(17)5/h9-10,15,24H,7-8,11H2,1-6H3,(H,20,23). The smallest absolute Gasteiger partial charge is 0.254 e. The minimum absolute atomic E-state index is 0.0985. The molecular formula is C19H29N3O3. The lowest BCUT2D eigenvalue weighted by molar-refractivity contribution is 0.0513. The van der Waals surface area contributed by atoms with E-state index in [1.165, 1.54) is 0 Å². The summed E-state index contributed by atoms with van der Waals surface area (Å²) < 4.78 is 7.39. The molecule has 2 aromatic heterocycles. The zero-order valence-electron chi connectivity index (χ0n) is 16.0. The molecule has 0 aromatic carbocycles. The molecule has 6 heteroatoms. The first-order valence-corrected chi connectivity index (χ1v) is 8.83. The Bertz CT molecular complexity index is 739. The van der Waals surface area contributed by atoms with Crippen LogP contribution in [0.2, 0.25) is 0 Å². The van der Waals surface area contributed by atoms with E-state index in [-0.39, 0.29) is 12.5 Å². The zero-order valence-corrected chi connectivity index (χ0v) is 16.0. The van der Waals surface area contributed by atoms with Crippen LogP contribution in [0.15, 0.2) is 16.7 Å². The van der Waals surface area contributed by atoms with E-state index < -0.39 is 5.60 Å². The monoisotopic (exact) mass is 347 g/mol. The summed E-state index contributed by atoms with van der Waals surface area (Å²) in [4.78, 5) is 12.5. The molecule has 2 N–H and O–H groups in total. The molecule has 25 heavy (non-hydrogen) atoms. The van der Waals surface area contributed by atoms with Crippen molar-refractivity contribution in [3.8, 4) is 0 Å². The third-order valence-electron chi connectivity index (χ3n) is 4.79. The molecule has 0 fully saturated rings. The molecule has 0 spiro atoms. The van der Waals surface area contributed by atoms with Gasteiger partial charge in [0, 0.05) is 11.3 Å². The van der Waals surface area contributed by atoms with Gasteiger partial charge in [0.05, 0.1) is 24.3 Å². The second-order valence-corrected chi connectivity index (χ2v) is 6.84.